The van der Waals surface area contributed by atoms with E-state index < -0.39 is 0 Å². The summed E-state index contributed by atoms with van der Waals surface area (Å²) in [6.45, 7) is 6.13. The maximum absolute atomic E-state index is 3.87. The fourth-order valence-electron chi connectivity index (χ4n) is 2.13. The predicted molar refractivity (Wildman–Crippen MR) is 57.5 cm³/mol. The number of allylic oxidation sites excluding steroid dienone is 7. The third-order valence-corrected chi connectivity index (χ3v) is 3.14. The number of rotatable bonds is 3. The van der Waals surface area contributed by atoms with Crippen molar-refractivity contribution in [3.05, 3.63) is 48.1 Å². The molecule has 0 heteroatoms. The van der Waals surface area contributed by atoms with E-state index in [-0.39, 0.29) is 0 Å². The lowest BCUT2D eigenvalue weighted by Crippen LogP contribution is -2.09. The Bertz CT molecular complexity index is 307. The minimum Gasteiger partial charge on any atom is -0.0985 e. The molecule has 0 aromatic carbocycles. The van der Waals surface area contributed by atoms with E-state index in [1.54, 1.807) is 5.57 Å². The molecule has 0 aromatic heterocycles. The minimum absolute atomic E-state index is 0.342. The fraction of sp³-hybridized carbons (Fsp3) is 0.385. The van der Waals surface area contributed by atoms with Crippen molar-refractivity contribution in [2.24, 2.45) is 5.41 Å². The molecule has 0 radical (unpaired) electrons. The average molecular weight is 172 g/mol. The summed E-state index contributed by atoms with van der Waals surface area (Å²) in [6.07, 6.45) is 14.7. The molecule has 0 amide bonds. The molecular formula is C13H16. The van der Waals surface area contributed by atoms with Crippen LogP contribution in [0.5, 0.6) is 0 Å². The maximum atomic E-state index is 3.87. The second kappa shape index (κ2) is 3.02. The lowest BCUT2D eigenvalue weighted by atomic mass is 9.81. The van der Waals surface area contributed by atoms with Crippen molar-refractivity contribution >= 4 is 0 Å². The van der Waals surface area contributed by atoms with Crippen LogP contribution in [0, 0.1) is 5.41 Å². The highest BCUT2D eigenvalue weighted by molar-refractivity contribution is 5.50. The average Bonchev–Trinajstić information content (AvgIpc) is 2.98. The summed E-state index contributed by atoms with van der Waals surface area (Å²) in [7, 11) is 0. The van der Waals surface area contributed by atoms with Gasteiger partial charge >= 0.3 is 0 Å². The fourth-order valence-corrected chi connectivity index (χ4v) is 2.13. The quantitative estimate of drug-likeness (QED) is 0.568. The SMILES string of the molecule is C=CC1=C(C2(CC)C=C2)CCC=C1. The minimum atomic E-state index is 0.342. The van der Waals surface area contributed by atoms with Crippen LogP contribution in [0.1, 0.15) is 26.2 Å². The van der Waals surface area contributed by atoms with Gasteiger partial charge in [0.2, 0.25) is 0 Å². The van der Waals surface area contributed by atoms with Crippen molar-refractivity contribution in [2.75, 3.05) is 0 Å². The molecule has 0 spiro atoms. The first kappa shape index (κ1) is 8.55. The molecule has 13 heavy (non-hydrogen) atoms. The zero-order valence-electron chi connectivity index (χ0n) is 8.22. The highest BCUT2D eigenvalue weighted by Crippen LogP contribution is 2.49. The van der Waals surface area contributed by atoms with Gasteiger partial charge in [0.1, 0.15) is 0 Å². The predicted octanol–water partition coefficient (Wildman–Crippen LogP) is 3.79. The molecule has 0 heterocycles. The Morgan fingerprint density at radius 2 is 2.31 bits per heavy atom. The van der Waals surface area contributed by atoms with Crippen LogP contribution >= 0.6 is 0 Å². The topological polar surface area (TPSA) is 0 Å². The van der Waals surface area contributed by atoms with E-state index in [1.807, 2.05) is 6.08 Å². The lowest BCUT2D eigenvalue weighted by molar-refractivity contribution is 0.607. The second-order valence-electron chi connectivity index (χ2n) is 3.81. The van der Waals surface area contributed by atoms with Gasteiger partial charge in [0, 0.05) is 5.41 Å². The van der Waals surface area contributed by atoms with Gasteiger partial charge in [-0.15, -0.1) is 0 Å². The summed E-state index contributed by atoms with van der Waals surface area (Å²) in [5.74, 6) is 0. The highest BCUT2D eigenvalue weighted by Gasteiger charge is 2.36. The zero-order valence-corrected chi connectivity index (χ0v) is 8.22. The summed E-state index contributed by atoms with van der Waals surface area (Å²) in [5, 5.41) is 0. The molecule has 0 saturated carbocycles. The third kappa shape index (κ3) is 1.31. The lowest BCUT2D eigenvalue weighted by Gasteiger charge is -2.22. The zero-order chi connectivity index (χ0) is 9.31. The van der Waals surface area contributed by atoms with E-state index in [9.17, 15) is 0 Å². The Labute approximate surface area is 80.3 Å². The van der Waals surface area contributed by atoms with Crippen LogP contribution in [-0.2, 0) is 0 Å². The van der Waals surface area contributed by atoms with Crippen LogP contribution in [0.4, 0.5) is 0 Å². The van der Waals surface area contributed by atoms with Crippen molar-refractivity contribution in [3.8, 4) is 0 Å². The summed E-state index contributed by atoms with van der Waals surface area (Å²) in [4.78, 5) is 0. The van der Waals surface area contributed by atoms with E-state index >= 15 is 0 Å². The Hall–Kier alpha value is -1.04. The Kier molecular flexibility index (Phi) is 1.99. The van der Waals surface area contributed by atoms with Crippen LogP contribution in [0.3, 0.4) is 0 Å². The van der Waals surface area contributed by atoms with Crippen LogP contribution in [0.25, 0.3) is 0 Å². The van der Waals surface area contributed by atoms with Gasteiger partial charge < -0.3 is 0 Å². The molecule has 0 bridgehead atoms. The smallest absolute Gasteiger partial charge is 0.0278 e. The highest BCUT2D eigenvalue weighted by atomic mass is 14.4. The van der Waals surface area contributed by atoms with Gasteiger partial charge in [0.15, 0.2) is 0 Å². The molecule has 2 aliphatic rings. The molecule has 0 unspecified atom stereocenters. The van der Waals surface area contributed by atoms with Gasteiger partial charge in [-0.2, -0.15) is 0 Å². The van der Waals surface area contributed by atoms with Gasteiger partial charge in [-0.1, -0.05) is 43.9 Å². The molecule has 0 aromatic rings. The Balaban J connectivity index is 2.33. The number of hydrogen-bond acceptors (Lipinski definition) is 0. The molecular weight excluding hydrogens is 156 g/mol. The first-order valence-electron chi connectivity index (χ1n) is 5.05. The van der Waals surface area contributed by atoms with Gasteiger partial charge in [-0.25, -0.2) is 0 Å². The van der Waals surface area contributed by atoms with Gasteiger partial charge in [-0.05, 0) is 30.4 Å². The second-order valence-corrected chi connectivity index (χ2v) is 3.81. The normalized spacial score (nSPS) is 23.5. The summed E-state index contributed by atoms with van der Waals surface area (Å²) in [5.41, 5.74) is 3.26. The molecule has 0 fully saturated rings. The first-order valence-corrected chi connectivity index (χ1v) is 5.05. The van der Waals surface area contributed by atoms with Gasteiger partial charge in [0.25, 0.3) is 0 Å². The van der Waals surface area contributed by atoms with E-state index in [2.05, 4.69) is 37.8 Å². The largest absolute Gasteiger partial charge is 0.0985 e. The van der Waals surface area contributed by atoms with Gasteiger partial charge in [-0.3, -0.25) is 0 Å². The first-order chi connectivity index (χ1) is 6.32. The monoisotopic (exact) mass is 172 g/mol. The van der Waals surface area contributed by atoms with Crippen LogP contribution in [0.15, 0.2) is 48.1 Å². The summed E-state index contributed by atoms with van der Waals surface area (Å²) < 4.78 is 0. The van der Waals surface area contributed by atoms with E-state index in [4.69, 9.17) is 0 Å². The summed E-state index contributed by atoms with van der Waals surface area (Å²) in [6, 6.07) is 0. The van der Waals surface area contributed by atoms with Gasteiger partial charge in [0.05, 0.1) is 0 Å². The maximum Gasteiger partial charge on any atom is 0.0278 e. The van der Waals surface area contributed by atoms with Crippen molar-refractivity contribution in [2.45, 2.75) is 26.2 Å². The third-order valence-electron chi connectivity index (χ3n) is 3.14. The van der Waals surface area contributed by atoms with Crippen molar-refractivity contribution in [1.29, 1.82) is 0 Å². The van der Waals surface area contributed by atoms with Crippen LogP contribution < -0.4 is 0 Å². The molecule has 2 rings (SSSR count). The van der Waals surface area contributed by atoms with Crippen molar-refractivity contribution < 1.29 is 0 Å². The van der Waals surface area contributed by atoms with E-state index in [0.29, 0.717) is 5.41 Å². The van der Waals surface area contributed by atoms with E-state index in [1.165, 1.54) is 24.8 Å². The van der Waals surface area contributed by atoms with Crippen molar-refractivity contribution in [1.82, 2.24) is 0 Å². The number of hydrogen-bond donors (Lipinski definition) is 0. The Morgan fingerprint density at radius 3 is 2.85 bits per heavy atom. The van der Waals surface area contributed by atoms with Crippen molar-refractivity contribution in [3.63, 3.8) is 0 Å². The van der Waals surface area contributed by atoms with Crippen LogP contribution in [-0.4, -0.2) is 0 Å². The molecule has 0 saturated heterocycles. The van der Waals surface area contributed by atoms with Crippen LogP contribution in [0.2, 0.25) is 0 Å². The molecule has 0 nitrogen and oxygen atoms in total. The molecule has 0 N–H and O–H groups in total. The molecule has 0 aliphatic heterocycles. The summed E-state index contributed by atoms with van der Waals surface area (Å²) >= 11 is 0. The Morgan fingerprint density at radius 1 is 1.54 bits per heavy atom. The van der Waals surface area contributed by atoms with E-state index in [0.717, 1.165) is 0 Å². The molecule has 0 atom stereocenters. The molecule has 68 valence electrons. The standard InChI is InChI=1S/C13H16/c1-3-11-7-5-6-8-12(11)13(4-2)9-10-13/h3,5,7,9-10H,1,4,6,8H2,2H3. The molecule has 2 aliphatic carbocycles.